The average Bonchev–Trinajstić information content (AvgIpc) is 2.90. The first-order valence-corrected chi connectivity index (χ1v) is 6.81. The molecule has 1 saturated heterocycles. The first-order valence-electron chi connectivity index (χ1n) is 6.43. The zero-order valence-electron chi connectivity index (χ0n) is 10.7. The predicted molar refractivity (Wildman–Crippen MR) is 73.6 cm³/mol. The zero-order valence-corrected chi connectivity index (χ0v) is 11.4. The number of rotatable bonds is 4. The van der Waals surface area contributed by atoms with Gasteiger partial charge in [-0.05, 0) is 37.5 Å². The fraction of sp³-hybridized carbons (Fsp3) is 0.500. The van der Waals surface area contributed by atoms with Crippen LogP contribution >= 0.6 is 11.6 Å². The van der Waals surface area contributed by atoms with Crippen LogP contribution in [0.1, 0.15) is 25.3 Å². The second-order valence-electron chi connectivity index (χ2n) is 4.76. The minimum absolute atomic E-state index is 0.126. The lowest BCUT2D eigenvalue weighted by Gasteiger charge is -2.21. The maximum atomic E-state index is 12.1. The van der Waals surface area contributed by atoms with Crippen molar-refractivity contribution < 1.29 is 4.79 Å². The van der Waals surface area contributed by atoms with E-state index in [1.54, 1.807) is 0 Å². The highest BCUT2D eigenvalue weighted by Gasteiger charge is 2.22. The lowest BCUT2D eigenvalue weighted by atomic mass is 10.2. The number of benzene rings is 1. The van der Waals surface area contributed by atoms with E-state index >= 15 is 0 Å². The van der Waals surface area contributed by atoms with Gasteiger partial charge in [0.25, 0.3) is 0 Å². The quantitative estimate of drug-likeness (QED) is 0.908. The predicted octanol–water partition coefficient (Wildman–Crippen LogP) is 2.44. The summed E-state index contributed by atoms with van der Waals surface area (Å²) in [7, 11) is 0. The van der Waals surface area contributed by atoms with E-state index in [1.165, 1.54) is 0 Å². The van der Waals surface area contributed by atoms with Crippen molar-refractivity contribution >= 4 is 17.5 Å². The van der Waals surface area contributed by atoms with Crippen LogP contribution in [0.15, 0.2) is 24.3 Å². The topological polar surface area (TPSA) is 32.3 Å². The molecule has 0 spiro atoms. The number of likely N-dealkylation sites (tertiary alicyclic amines) is 1. The Bertz CT molecular complexity index is 399. The summed E-state index contributed by atoms with van der Waals surface area (Å²) < 4.78 is 0. The molecule has 0 bridgehead atoms. The minimum atomic E-state index is -0.126. The average molecular weight is 267 g/mol. The Labute approximate surface area is 113 Å². The van der Waals surface area contributed by atoms with Gasteiger partial charge in [-0.1, -0.05) is 23.7 Å². The van der Waals surface area contributed by atoms with E-state index in [4.69, 9.17) is 11.6 Å². The molecule has 1 atom stereocenters. The van der Waals surface area contributed by atoms with Crippen LogP contribution in [0.5, 0.6) is 0 Å². The molecule has 0 radical (unpaired) electrons. The van der Waals surface area contributed by atoms with Crippen LogP contribution in [-0.4, -0.2) is 29.9 Å². The Morgan fingerprint density at radius 3 is 2.56 bits per heavy atom. The fourth-order valence-corrected chi connectivity index (χ4v) is 2.30. The highest BCUT2D eigenvalue weighted by atomic mass is 35.5. The lowest BCUT2D eigenvalue weighted by molar-refractivity contribution is -0.131. The van der Waals surface area contributed by atoms with E-state index in [1.807, 2.05) is 36.1 Å². The summed E-state index contributed by atoms with van der Waals surface area (Å²) in [4.78, 5) is 14.0. The molecule has 2 rings (SSSR count). The number of carbonyl (C=O) groups excluding carboxylic acids is 1. The standard InChI is InChI=1S/C14H19ClN2O/c1-11(14(18)17-8-2-3-9-17)16-10-12-4-6-13(15)7-5-12/h4-7,11,16H,2-3,8-10H2,1H3. The maximum Gasteiger partial charge on any atom is 0.239 e. The molecule has 1 aliphatic heterocycles. The van der Waals surface area contributed by atoms with Crippen molar-refractivity contribution in [1.82, 2.24) is 10.2 Å². The van der Waals surface area contributed by atoms with Crippen LogP contribution in [0.3, 0.4) is 0 Å². The number of hydrogen-bond acceptors (Lipinski definition) is 2. The van der Waals surface area contributed by atoms with Crippen LogP contribution in [0, 0.1) is 0 Å². The second-order valence-corrected chi connectivity index (χ2v) is 5.20. The Morgan fingerprint density at radius 1 is 1.33 bits per heavy atom. The van der Waals surface area contributed by atoms with Gasteiger partial charge in [0.05, 0.1) is 6.04 Å². The van der Waals surface area contributed by atoms with Crippen LogP contribution in [0.4, 0.5) is 0 Å². The third-order valence-electron chi connectivity index (χ3n) is 3.31. The molecule has 98 valence electrons. The van der Waals surface area contributed by atoms with Crippen LogP contribution in [-0.2, 0) is 11.3 Å². The highest BCUT2D eigenvalue weighted by molar-refractivity contribution is 6.30. The summed E-state index contributed by atoms with van der Waals surface area (Å²) in [5.74, 6) is 0.210. The molecule has 1 N–H and O–H groups in total. The SMILES string of the molecule is CC(NCc1ccc(Cl)cc1)C(=O)N1CCCC1. The van der Waals surface area contributed by atoms with Crippen LogP contribution in [0.25, 0.3) is 0 Å². The van der Waals surface area contributed by atoms with E-state index in [9.17, 15) is 4.79 Å². The normalized spacial score (nSPS) is 16.9. The molecule has 3 nitrogen and oxygen atoms in total. The number of hydrogen-bond donors (Lipinski definition) is 1. The molecule has 1 aromatic carbocycles. The molecule has 1 unspecified atom stereocenters. The number of nitrogens with zero attached hydrogens (tertiary/aromatic N) is 1. The summed E-state index contributed by atoms with van der Waals surface area (Å²) in [5.41, 5.74) is 1.14. The highest BCUT2D eigenvalue weighted by Crippen LogP contribution is 2.11. The van der Waals surface area contributed by atoms with Gasteiger partial charge in [-0.25, -0.2) is 0 Å². The molecular formula is C14H19ClN2O. The molecule has 1 aromatic rings. The van der Waals surface area contributed by atoms with E-state index < -0.39 is 0 Å². The first kappa shape index (κ1) is 13.4. The summed E-state index contributed by atoms with van der Waals surface area (Å²) in [6.07, 6.45) is 2.27. The Balaban J connectivity index is 1.82. The molecule has 0 aliphatic carbocycles. The Kier molecular flexibility index (Phi) is 4.61. The minimum Gasteiger partial charge on any atom is -0.341 e. The van der Waals surface area contributed by atoms with Gasteiger partial charge in [0, 0.05) is 24.7 Å². The van der Waals surface area contributed by atoms with E-state index in [0.29, 0.717) is 6.54 Å². The number of amides is 1. The van der Waals surface area contributed by atoms with Gasteiger partial charge < -0.3 is 10.2 Å². The van der Waals surface area contributed by atoms with Crippen molar-refractivity contribution in [2.75, 3.05) is 13.1 Å². The summed E-state index contributed by atoms with van der Waals surface area (Å²) >= 11 is 5.83. The third-order valence-corrected chi connectivity index (χ3v) is 3.57. The largest absolute Gasteiger partial charge is 0.341 e. The lowest BCUT2D eigenvalue weighted by Crippen LogP contribution is -2.43. The summed E-state index contributed by atoms with van der Waals surface area (Å²) in [6.45, 7) is 4.44. The van der Waals surface area contributed by atoms with Crippen LogP contribution in [0.2, 0.25) is 5.02 Å². The van der Waals surface area contributed by atoms with Crippen molar-refractivity contribution in [3.05, 3.63) is 34.9 Å². The molecule has 0 saturated carbocycles. The second kappa shape index (κ2) is 6.21. The molecule has 1 amide bonds. The molecule has 18 heavy (non-hydrogen) atoms. The fourth-order valence-electron chi connectivity index (χ4n) is 2.17. The number of halogens is 1. The molecule has 1 fully saturated rings. The smallest absolute Gasteiger partial charge is 0.239 e. The van der Waals surface area contributed by atoms with Gasteiger partial charge >= 0.3 is 0 Å². The van der Waals surface area contributed by atoms with Crippen molar-refractivity contribution in [3.63, 3.8) is 0 Å². The first-order chi connectivity index (χ1) is 8.66. The van der Waals surface area contributed by atoms with E-state index in [-0.39, 0.29) is 11.9 Å². The monoisotopic (exact) mass is 266 g/mol. The van der Waals surface area contributed by atoms with Crippen molar-refractivity contribution in [2.24, 2.45) is 0 Å². The molecular weight excluding hydrogens is 248 g/mol. The van der Waals surface area contributed by atoms with E-state index in [0.717, 1.165) is 36.5 Å². The molecule has 1 heterocycles. The van der Waals surface area contributed by atoms with Crippen molar-refractivity contribution in [1.29, 1.82) is 0 Å². The van der Waals surface area contributed by atoms with E-state index in [2.05, 4.69) is 5.32 Å². The van der Waals surface area contributed by atoms with Gasteiger partial charge in [0.15, 0.2) is 0 Å². The van der Waals surface area contributed by atoms with Gasteiger partial charge in [-0.3, -0.25) is 4.79 Å². The molecule has 4 heteroatoms. The summed E-state index contributed by atoms with van der Waals surface area (Å²) in [6, 6.07) is 7.56. The maximum absolute atomic E-state index is 12.1. The van der Waals surface area contributed by atoms with Crippen molar-refractivity contribution in [2.45, 2.75) is 32.4 Å². The summed E-state index contributed by atoms with van der Waals surface area (Å²) in [5, 5.41) is 4.00. The molecule has 1 aliphatic rings. The molecule has 0 aromatic heterocycles. The number of nitrogens with one attached hydrogen (secondary N) is 1. The Morgan fingerprint density at radius 2 is 1.94 bits per heavy atom. The Hall–Kier alpha value is -1.06. The zero-order chi connectivity index (χ0) is 13.0. The third kappa shape index (κ3) is 3.47. The van der Waals surface area contributed by atoms with Crippen LogP contribution < -0.4 is 5.32 Å². The van der Waals surface area contributed by atoms with Gasteiger partial charge in [0.2, 0.25) is 5.91 Å². The van der Waals surface area contributed by atoms with Gasteiger partial charge in [0.1, 0.15) is 0 Å². The van der Waals surface area contributed by atoms with Gasteiger partial charge in [-0.2, -0.15) is 0 Å². The van der Waals surface area contributed by atoms with Crippen molar-refractivity contribution in [3.8, 4) is 0 Å². The number of carbonyl (C=O) groups is 1. The van der Waals surface area contributed by atoms with Gasteiger partial charge in [-0.15, -0.1) is 0 Å².